The van der Waals surface area contributed by atoms with Crippen LogP contribution in [0.4, 0.5) is 5.69 Å². The van der Waals surface area contributed by atoms with Crippen LogP contribution in [0.1, 0.15) is 5.56 Å². The Bertz CT molecular complexity index is 587. The second-order valence-corrected chi connectivity index (χ2v) is 5.61. The third-order valence-corrected chi connectivity index (χ3v) is 4.22. The van der Waals surface area contributed by atoms with Crippen LogP contribution in [-0.4, -0.2) is 14.2 Å². The highest BCUT2D eigenvalue weighted by Gasteiger charge is 2.09. The minimum Gasteiger partial charge on any atom is -0.493 e. The number of nitrogens with two attached hydrogens (primary N) is 1. The number of methoxy groups -OCH3 is 2. The van der Waals surface area contributed by atoms with Gasteiger partial charge in [-0.05, 0) is 23.8 Å². The molecule has 5 heteroatoms. The first-order valence-electron chi connectivity index (χ1n) is 6.02. The van der Waals surface area contributed by atoms with E-state index < -0.39 is 0 Å². The van der Waals surface area contributed by atoms with Crippen LogP contribution in [0, 0.1) is 0 Å². The second-order valence-electron chi connectivity index (χ2n) is 4.16. The zero-order chi connectivity index (χ0) is 14.5. The Labute approximate surface area is 128 Å². The summed E-state index contributed by atoms with van der Waals surface area (Å²) in [6.45, 7) is 0. The van der Waals surface area contributed by atoms with Gasteiger partial charge in [-0.25, -0.2) is 0 Å². The highest BCUT2D eigenvalue weighted by Crippen LogP contribution is 2.37. The van der Waals surface area contributed by atoms with Gasteiger partial charge < -0.3 is 15.2 Å². The van der Waals surface area contributed by atoms with Crippen molar-refractivity contribution >= 4 is 29.1 Å². The molecule has 2 N–H and O–H groups in total. The minimum atomic E-state index is 0.640. The number of halogens is 1. The average molecular weight is 310 g/mol. The normalized spacial score (nSPS) is 10.3. The summed E-state index contributed by atoms with van der Waals surface area (Å²) in [5.41, 5.74) is 7.90. The van der Waals surface area contributed by atoms with Crippen LogP contribution in [0.5, 0.6) is 11.5 Å². The van der Waals surface area contributed by atoms with E-state index in [1.165, 1.54) is 5.56 Å². The van der Waals surface area contributed by atoms with E-state index in [0.29, 0.717) is 17.2 Å². The van der Waals surface area contributed by atoms with Crippen LogP contribution in [0.2, 0.25) is 5.02 Å². The van der Waals surface area contributed by atoms with Gasteiger partial charge >= 0.3 is 0 Å². The summed E-state index contributed by atoms with van der Waals surface area (Å²) >= 11 is 7.52. The van der Waals surface area contributed by atoms with Crippen molar-refractivity contribution in [1.29, 1.82) is 0 Å². The summed E-state index contributed by atoms with van der Waals surface area (Å²) in [6.07, 6.45) is 0. The molecule has 0 heterocycles. The zero-order valence-corrected chi connectivity index (χ0v) is 12.9. The van der Waals surface area contributed by atoms with Gasteiger partial charge in [0, 0.05) is 27.4 Å². The summed E-state index contributed by atoms with van der Waals surface area (Å²) in [5.74, 6) is 2.14. The fraction of sp³-hybridized carbons (Fsp3) is 0.200. The molecule has 0 bridgehead atoms. The summed E-state index contributed by atoms with van der Waals surface area (Å²) in [4.78, 5) is 0.970. The molecule has 2 aromatic rings. The summed E-state index contributed by atoms with van der Waals surface area (Å²) in [5, 5.41) is 0.740. The number of anilines is 1. The molecule has 0 saturated carbocycles. The van der Waals surface area contributed by atoms with Crippen LogP contribution < -0.4 is 15.2 Å². The Balaban J connectivity index is 2.14. The Hall–Kier alpha value is -1.52. The molecule has 0 fully saturated rings. The lowest BCUT2D eigenvalue weighted by atomic mass is 10.2. The van der Waals surface area contributed by atoms with Gasteiger partial charge in [0.1, 0.15) is 0 Å². The smallest absolute Gasteiger partial charge is 0.162 e. The molecule has 0 amide bonds. The van der Waals surface area contributed by atoms with E-state index in [1.807, 2.05) is 30.3 Å². The number of benzene rings is 2. The van der Waals surface area contributed by atoms with Crippen molar-refractivity contribution in [2.24, 2.45) is 0 Å². The number of nitrogen functional groups attached to an aromatic ring is 1. The molecule has 0 unspecified atom stereocenters. The molecule has 106 valence electrons. The van der Waals surface area contributed by atoms with E-state index in [-0.39, 0.29) is 0 Å². The molecule has 0 radical (unpaired) electrons. The summed E-state index contributed by atoms with van der Waals surface area (Å²) in [6, 6.07) is 11.5. The van der Waals surface area contributed by atoms with E-state index in [9.17, 15) is 0 Å². The molecule has 0 saturated heterocycles. The summed E-state index contributed by atoms with van der Waals surface area (Å²) < 4.78 is 10.5. The van der Waals surface area contributed by atoms with Crippen molar-refractivity contribution in [3.05, 3.63) is 47.0 Å². The van der Waals surface area contributed by atoms with Crippen LogP contribution >= 0.6 is 23.4 Å². The predicted molar refractivity (Wildman–Crippen MR) is 85.0 cm³/mol. The van der Waals surface area contributed by atoms with E-state index >= 15 is 0 Å². The Morgan fingerprint density at radius 2 is 1.65 bits per heavy atom. The van der Waals surface area contributed by atoms with Gasteiger partial charge in [-0.2, -0.15) is 0 Å². The number of thioether (sulfide) groups is 1. The number of hydrogen-bond donors (Lipinski definition) is 1. The highest BCUT2D eigenvalue weighted by molar-refractivity contribution is 7.98. The summed E-state index contributed by atoms with van der Waals surface area (Å²) in [7, 11) is 3.21. The molecule has 2 rings (SSSR count). The highest BCUT2D eigenvalue weighted by atomic mass is 35.5. The molecular weight excluding hydrogens is 294 g/mol. The number of ether oxygens (including phenoxy) is 2. The molecular formula is C15H16ClNO2S. The Morgan fingerprint density at radius 3 is 2.25 bits per heavy atom. The topological polar surface area (TPSA) is 44.5 Å². The maximum Gasteiger partial charge on any atom is 0.162 e. The molecule has 0 aromatic heterocycles. The monoisotopic (exact) mass is 309 g/mol. The number of rotatable bonds is 5. The van der Waals surface area contributed by atoms with Gasteiger partial charge in [-0.15, -0.1) is 11.8 Å². The SMILES string of the molecule is COc1cc(N)c(SCc2ccc(Cl)cc2)cc1OC. The largest absolute Gasteiger partial charge is 0.493 e. The fourth-order valence-corrected chi connectivity index (χ4v) is 2.80. The van der Waals surface area contributed by atoms with Crippen molar-refractivity contribution in [2.45, 2.75) is 10.6 Å². The molecule has 0 aliphatic carbocycles. The van der Waals surface area contributed by atoms with Crippen molar-refractivity contribution in [3.63, 3.8) is 0 Å². The van der Waals surface area contributed by atoms with Gasteiger partial charge in [-0.3, -0.25) is 0 Å². The van der Waals surface area contributed by atoms with Crippen LogP contribution in [0.3, 0.4) is 0 Å². The maximum atomic E-state index is 6.03. The van der Waals surface area contributed by atoms with Crippen LogP contribution in [0.15, 0.2) is 41.3 Å². The van der Waals surface area contributed by atoms with Gasteiger partial charge in [0.05, 0.1) is 14.2 Å². The zero-order valence-electron chi connectivity index (χ0n) is 11.4. The predicted octanol–water partition coefficient (Wildman–Crippen LogP) is 4.23. The first-order valence-corrected chi connectivity index (χ1v) is 7.39. The Kier molecular flexibility index (Phi) is 5.04. The molecule has 0 atom stereocenters. The molecule has 3 nitrogen and oxygen atoms in total. The van der Waals surface area contributed by atoms with Gasteiger partial charge in [0.2, 0.25) is 0 Å². The first-order chi connectivity index (χ1) is 9.63. The molecule has 2 aromatic carbocycles. The standard InChI is InChI=1S/C15H16ClNO2S/c1-18-13-7-12(17)15(8-14(13)19-2)20-9-10-3-5-11(16)6-4-10/h3-8H,9,17H2,1-2H3. The van der Waals surface area contributed by atoms with E-state index in [2.05, 4.69) is 0 Å². The molecule has 20 heavy (non-hydrogen) atoms. The number of hydrogen-bond acceptors (Lipinski definition) is 4. The van der Waals surface area contributed by atoms with Gasteiger partial charge in [-0.1, -0.05) is 23.7 Å². The lowest BCUT2D eigenvalue weighted by Crippen LogP contribution is -1.95. The van der Waals surface area contributed by atoms with E-state index in [1.54, 1.807) is 32.0 Å². The molecule has 0 aliphatic heterocycles. The molecule has 0 spiro atoms. The minimum absolute atomic E-state index is 0.640. The first kappa shape index (κ1) is 14.9. The van der Waals surface area contributed by atoms with Crippen LogP contribution in [0.25, 0.3) is 0 Å². The molecule has 0 aliphatic rings. The van der Waals surface area contributed by atoms with Crippen molar-refractivity contribution < 1.29 is 9.47 Å². The lowest BCUT2D eigenvalue weighted by molar-refractivity contribution is 0.354. The average Bonchev–Trinajstić information content (AvgIpc) is 2.47. The van der Waals surface area contributed by atoms with Crippen LogP contribution in [-0.2, 0) is 5.75 Å². The quantitative estimate of drug-likeness (QED) is 0.663. The lowest BCUT2D eigenvalue weighted by Gasteiger charge is -2.12. The third kappa shape index (κ3) is 3.52. The van der Waals surface area contributed by atoms with Gasteiger partial charge in [0.15, 0.2) is 11.5 Å². The third-order valence-electron chi connectivity index (χ3n) is 2.82. The fourth-order valence-electron chi connectivity index (χ4n) is 1.74. The second kappa shape index (κ2) is 6.77. The maximum absolute atomic E-state index is 6.03. The van der Waals surface area contributed by atoms with Gasteiger partial charge in [0.25, 0.3) is 0 Å². The van der Waals surface area contributed by atoms with Crippen molar-refractivity contribution in [3.8, 4) is 11.5 Å². The van der Waals surface area contributed by atoms with Crippen molar-refractivity contribution in [2.75, 3.05) is 20.0 Å². The van der Waals surface area contributed by atoms with Crippen molar-refractivity contribution in [1.82, 2.24) is 0 Å². The van der Waals surface area contributed by atoms with E-state index in [4.69, 9.17) is 26.8 Å². The Morgan fingerprint density at radius 1 is 1.05 bits per heavy atom. The van der Waals surface area contributed by atoms with E-state index in [0.717, 1.165) is 15.7 Å².